The molecule has 0 amide bonds. The van der Waals surface area contributed by atoms with Crippen LogP contribution < -0.4 is 5.73 Å². The van der Waals surface area contributed by atoms with Gasteiger partial charge in [0.1, 0.15) is 23.6 Å². The summed E-state index contributed by atoms with van der Waals surface area (Å²) in [7, 11) is 0. The number of aryl methyl sites for hydroxylation is 1. The minimum Gasteiger partial charge on any atom is -0.383 e. The number of ketones is 1. The molecule has 6 heteroatoms. The molecular weight excluding hydrogens is 367 g/mol. The van der Waals surface area contributed by atoms with Gasteiger partial charge in [0, 0.05) is 17.8 Å². The van der Waals surface area contributed by atoms with Gasteiger partial charge in [0.25, 0.3) is 0 Å². The van der Waals surface area contributed by atoms with Gasteiger partial charge in [-0.2, -0.15) is 0 Å². The maximum atomic E-state index is 14.0. The van der Waals surface area contributed by atoms with Crippen LogP contribution in [0.4, 0.5) is 10.2 Å². The molecule has 0 bridgehead atoms. The van der Waals surface area contributed by atoms with E-state index in [0.29, 0.717) is 27.7 Å². The van der Waals surface area contributed by atoms with Crippen molar-refractivity contribution in [3.05, 3.63) is 77.5 Å². The zero-order valence-corrected chi connectivity index (χ0v) is 16.5. The first kappa shape index (κ1) is 18.8. The van der Waals surface area contributed by atoms with E-state index in [1.165, 1.54) is 12.4 Å². The van der Waals surface area contributed by atoms with Gasteiger partial charge in [0.15, 0.2) is 5.78 Å². The Bertz CT molecular complexity index is 1240. The zero-order chi connectivity index (χ0) is 20.7. The minimum atomic E-state index is -0.274. The highest BCUT2D eigenvalue weighted by atomic mass is 19.1. The first-order valence-electron chi connectivity index (χ1n) is 9.39. The Hall–Kier alpha value is -3.54. The van der Waals surface area contributed by atoms with E-state index in [1.807, 2.05) is 30.5 Å². The number of carbonyl (C=O) groups is 1. The summed E-state index contributed by atoms with van der Waals surface area (Å²) in [5, 5.41) is 0.554. The van der Waals surface area contributed by atoms with Crippen molar-refractivity contribution in [2.24, 2.45) is 0 Å². The number of halogens is 1. The molecule has 0 fully saturated rings. The van der Waals surface area contributed by atoms with Crippen LogP contribution in [0.2, 0.25) is 0 Å². The Balaban J connectivity index is 1.83. The number of benzene rings is 2. The van der Waals surface area contributed by atoms with Crippen molar-refractivity contribution in [1.29, 1.82) is 0 Å². The van der Waals surface area contributed by atoms with Crippen LogP contribution in [0.15, 0.2) is 55.0 Å². The standard InChI is InChI=1S/C23H21FN4O/c1-13(2)28-11-18(20-22(25)26-12-27-23(20)28)21(29)17-6-4-5-15(9-17)16-8-7-14(3)19(24)10-16/h4-13H,1-3H3,(H2,25,26,27). The number of nitrogens with two attached hydrogens (primary N) is 1. The molecule has 2 aromatic carbocycles. The Morgan fingerprint density at radius 2 is 1.86 bits per heavy atom. The lowest BCUT2D eigenvalue weighted by Crippen LogP contribution is -2.03. The second kappa shape index (κ2) is 7.13. The first-order valence-corrected chi connectivity index (χ1v) is 9.39. The molecule has 2 aromatic heterocycles. The highest BCUT2D eigenvalue weighted by Crippen LogP contribution is 2.30. The van der Waals surface area contributed by atoms with Gasteiger partial charge in [-0.15, -0.1) is 0 Å². The smallest absolute Gasteiger partial charge is 0.195 e. The lowest BCUT2D eigenvalue weighted by atomic mass is 9.97. The van der Waals surface area contributed by atoms with Crippen molar-refractivity contribution in [2.75, 3.05) is 5.73 Å². The van der Waals surface area contributed by atoms with E-state index in [2.05, 4.69) is 9.97 Å². The molecule has 0 aliphatic heterocycles. The topological polar surface area (TPSA) is 73.8 Å². The third kappa shape index (κ3) is 3.27. The van der Waals surface area contributed by atoms with Gasteiger partial charge in [0.2, 0.25) is 0 Å². The SMILES string of the molecule is Cc1ccc(-c2cccc(C(=O)c3cn(C(C)C)c4ncnc(N)c34)c2)cc1F. The van der Waals surface area contributed by atoms with Crippen LogP contribution in [0.3, 0.4) is 0 Å². The molecule has 2 N–H and O–H groups in total. The first-order chi connectivity index (χ1) is 13.9. The van der Waals surface area contributed by atoms with Gasteiger partial charge >= 0.3 is 0 Å². The molecular formula is C23H21FN4O. The molecule has 2 heterocycles. The largest absolute Gasteiger partial charge is 0.383 e. The van der Waals surface area contributed by atoms with Crippen molar-refractivity contribution in [2.45, 2.75) is 26.8 Å². The van der Waals surface area contributed by atoms with Crippen LogP contribution in [0, 0.1) is 12.7 Å². The minimum absolute atomic E-state index is 0.107. The van der Waals surface area contributed by atoms with Gasteiger partial charge < -0.3 is 10.3 Å². The number of anilines is 1. The van der Waals surface area contributed by atoms with E-state index in [9.17, 15) is 9.18 Å². The molecule has 146 valence electrons. The predicted octanol–water partition coefficient (Wildman–Crippen LogP) is 4.94. The van der Waals surface area contributed by atoms with Crippen molar-refractivity contribution in [3.63, 3.8) is 0 Å². The molecule has 0 spiro atoms. The summed E-state index contributed by atoms with van der Waals surface area (Å²) in [5.74, 6) is -0.177. The van der Waals surface area contributed by atoms with Crippen LogP contribution in [0.5, 0.6) is 0 Å². The summed E-state index contributed by atoms with van der Waals surface area (Å²) in [6.45, 7) is 5.74. The lowest BCUT2D eigenvalue weighted by molar-refractivity contribution is 0.104. The molecule has 0 radical (unpaired) electrons. The normalized spacial score (nSPS) is 11.3. The highest BCUT2D eigenvalue weighted by Gasteiger charge is 2.21. The maximum Gasteiger partial charge on any atom is 0.195 e. The van der Waals surface area contributed by atoms with Crippen LogP contribution in [-0.4, -0.2) is 20.3 Å². The van der Waals surface area contributed by atoms with Crippen molar-refractivity contribution in [3.8, 4) is 11.1 Å². The number of nitrogens with zero attached hydrogens (tertiary/aromatic N) is 3. The van der Waals surface area contributed by atoms with Gasteiger partial charge in [-0.05, 0) is 49.6 Å². The van der Waals surface area contributed by atoms with Crippen molar-refractivity contribution < 1.29 is 9.18 Å². The van der Waals surface area contributed by atoms with Crippen LogP contribution >= 0.6 is 0 Å². The summed E-state index contributed by atoms with van der Waals surface area (Å²) < 4.78 is 15.9. The highest BCUT2D eigenvalue weighted by molar-refractivity contribution is 6.18. The average molecular weight is 388 g/mol. The van der Waals surface area contributed by atoms with E-state index in [0.717, 1.165) is 11.1 Å². The van der Waals surface area contributed by atoms with E-state index in [-0.39, 0.29) is 23.5 Å². The van der Waals surface area contributed by atoms with E-state index < -0.39 is 0 Å². The van der Waals surface area contributed by atoms with Gasteiger partial charge in [0.05, 0.1) is 10.9 Å². The summed E-state index contributed by atoms with van der Waals surface area (Å²) >= 11 is 0. The number of carbonyl (C=O) groups excluding carboxylic acids is 1. The molecule has 0 aliphatic rings. The molecule has 0 aliphatic carbocycles. The Labute approximate surface area is 168 Å². The number of hydrogen-bond acceptors (Lipinski definition) is 4. The maximum absolute atomic E-state index is 14.0. The number of rotatable bonds is 4. The summed E-state index contributed by atoms with van der Waals surface area (Å²) in [6, 6.07) is 12.3. The molecule has 0 saturated carbocycles. The summed E-state index contributed by atoms with van der Waals surface area (Å²) in [6.07, 6.45) is 3.18. The van der Waals surface area contributed by atoms with Crippen LogP contribution in [0.25, 0.3) is 22.2 Å². The number of fused-ring (bicyclic) bond motifs is 1. The van der Waals surface area contributed by atoms with E-state index >= 15 is 0 Å². The molecule has 0 unspecified atom stereocenters. The Morgan fingerprint density at radius 3 is 2.59 bits per heavy atom. The lowest BCUT2D eigenvalue weighted by Gasteiger charge is -2.07. The van der Waals surface area contributed by atoms with Gasteiger partial charge in [-0.1, -0.05) is 30.3 Å². The summed E-state index contributed by atoms with van der Waals surface area (Å²) in [5.41, 5.74) is 9.73. The second-order valence-corrected chi connectivity index (χ2v) is 7.38. The predicted molar refractivity (Wildman–Crippen MR) is 112 cm³/mol. The zero-order valence-electron chi connectivity index (χ0n) is 16.5. The third-order valence-corrected chi connectivity index (χ3v) is 5.07. The molecule has 0 atom stereocenters. The summed E-state index contributed by atoms with van der Waals surface area (Å²) in [4.78, 5) is 21.7. The van der Waals surface area contributed by atoms with E-state index in [1.54, 1.807) is 37.4 Å². The van der Waals surface area contributed by atoms with E-state index in [4.69, 9.17) is 5.73 Å². The Morgan fingerprint density at radius 1 is 1.10 bits per heavy atom. The molecule has 5 nitrogen and oxygen atoms in total. The molecule has 4 aromatic rings. The van der Waals surface area contributed by atoms with Gasteiger partial charge in [-0.3, -0.25) is 4.79 Å². The van der Waals surface area contributed by atoms with Crippen LogP contribution in [0.1, 0.15) is 41.4 Å². The van der Waals surface area contributed by atoms with Crippen LogP contribution in [-0.2, 0) is 0 Å². The second-order valence-electron chi connectivity index (χ2n) is 7.38. The quantitative estimate of drug-likeness (QED) is 0.503. The fourth-order valence-electron chi connectivity index (χ4n) is 3.44. The fourth-order valence-corrected chi connectivity index (χ4v) is 3.44. The van der Waals surface area contributed by atoms with Crippen molar-refractivity contribution >= 4 is 22.6 Å². The third-order valence-electron chi connectivity index (χ3n) is 5.07. The molecule has 4 rings (SSSR count). The number of nitrogen functional groups attached to an aromatic ring is 1. The number of hydrogen-bond donors (Lipinski definition) is 1. The fraction of sp³-hybridized carbons (Fsp3) is 0.174. The average Bonchev–Trinajstić information content (AvgIpc) is 3.11. The van der Waals surface area contributed by atoms with Crippen molar-refractivity contribution in [1.82, 2.24) is 14.5 Å². The monoisotopic (exact) mass is 388 g/mol. The Kier molecular flexibility index (Phi) is 4.62. The van der Waals surface area contributed by atoms with Gasteiger partial charge in [-0.25, -0.2) is 14.4 Å². The molecule has 0 saturated heterocycles. The number of aromatic nitrogens is 3. The molecule has 29 heavy (non-hydrogen) atoms.